The van der Waals surface area contributed by atoms with E-state index in [2.05, 4.69) is 15.3 Å². The van der Waals surface area contributed by atoms with Gasteiger partial charge in [0.1, 0.15) is 11.9 Å². The molecule has 1 aromatic heterocycles. The van der Waals surface area contributed by atoms with Crippen molar-refractivity contribution in [3.8, 4) is 0 Å². The van der Waals surface area contributed by atoms with Crippen LogP contribution in [0.3, 0.4) is 0 Å². The smallest absolute Gasteiger partial charge is 0.410 e. The van der Waals surface area contributed by atoms with Crippen LogP contribution in [0.15, 0.2) is 18.6 Å². The van der Waals surface area contributed by atoms with Gasteiger partial charge < -0.3 is 15.0 Å². The van der Waals surface area contributed by atoms with E-state index in [1.165, 1.54) is 6.33 Å². The maximum absolute atomic E-state index is 11.7. The maximum Gasteiger partial charge on any atom is 0.410 e. The molecular weight excluding hydrogens is 244 g/mol. The molecule has 0 saturated carbocycles. The number of aromatic nitrogens is 2. The first-order valence-corrected chi connectivity index (χ1v) is 6.28. The summed E-state index contributed by atoms with van der Waals surface area (Å²) in [5.74, 6) is 0. The molecule has 6 heteroatoms. The van der Waals surface area contributed by atoms with Crippen LogP contribution in [0.5, 0.6) is 0 Å². The van der Waals surface area contributed by atoms with Crippen LogP contribution in [0.25, 0.3) is 0 Å². The number of hydrogen-bond donors (Lipinski definition) is 1. The van der Waals surface area contributed by atoms with Crippen molar-refractivity contribution in [2.75, 3.05) is 20.1 Å². The van der Waals surface area contributed by atoms with Gasteiger partial charge in [-0.2, -0.15) is 0 Å². The fourth-order valence-corrected chi connectivity index (χ4v) is 1.32. The molecule has 106 valence electrons. The monoisotopic (exact) mass is 266 g/mol. The van der Waals surface area contributed by atoms with Crippen LogP contribution in [0, 0.1) is 0 Å². The largest absolute Gasteiger partial charge is 0.444 e. The van der Waals surface area contributed by atoms with Crippen LogP contribution < -0.4 is 5.32 Å². The van der Waals surface area contributed by atoms with Gasteiger partial charge in [0.25, 0.3) is 0 Å². The molecule has 0 bridgehead atoms. The second-order valence-corrected chi connectivity index (χ2v) is 5.28. The number of ether oxygens (including phenoxy) is 1. The Morgan fingerprint density at radius 2 is 2.21 bits per heavy atom. The number of nitrogens with zero attached hydrogens (tertiary/aromatic N) is 3. The van der Waals surface area contributed by atoms with Gasteiger partial charge in [-0.25, -0.2) is 14.8 Å². The number of carbonyl (C=O) groups excluding carboxylic acids is 1. The van der Waals surface area contributed by atoms with E-state index in [4.69, 9.17) is 4.74 Å². The van der Waals surface area contributed by atoms with Crippen molar-refractivity contribution in [3.05, 3.63) is 24.3 Å². The Kier molecular flexibility index (Phi) is 5.69. The number of likely N-dealkylation sites (N-methyl/N-ethyl adjacent to an activating group) is 1. The van der Waals surface area contributed by atoms with Crippen LogP contribution in [-0.4, -0.2) is 46.7 Å². The topological polar surface area (TPSA) is 67.3 Å². The van der Waals surface area contributed by atoms with Crippen molar-refractivity contribution in [1.29, 1.82) is 0 Å². The molecule has 0 aliphatic carbocycles. The second kappa shape index (κ2) is 7.04. The van der Waals surface area contributed by atoms with Gasteiger partial charge >= 0.3 is 6.09 Å². The van der Waals surface area contributed by atoms with E-state index in [0.717, 1.165) is 5.69 Å². The molecule has 0 atom stereocenters. The molecular formula is C13H22N4O2. The predicted octanol–water partition coefficient (Wildman–Crippen LogP) is 1.43. The predicted molar refractivity (Wildman–Crippen MR) is 72.6 cm³/mol. The van der Waals surface area contributed by atoms with Crippen LogP contribution in [0.4, 0.5) is 4.79 Å². The van der Waals surface area contributed by atoms with E-state index < -0.39 is 5.60 Å². The number of rotatable bonds is 5. The Bertz CT molecular complexity index is 389. The first-order chi connectivity index (χ1) is 8.88. The third-order valence-electron chi connectivity index (χ3n) is 2.28. The van der Waals surface area contributed by atoms with Gasteiger partial charge in [0.2, 0.25) is 0 Å². The maximum atomic E-state index is 11.7. The molecule has 19 heavy (non-hydrogen) atoms. The van der Waals surface area contributed by atoms with Crippen LogP contribution in [0.1, 0.15) is 26.5 Å². The van der Waals surface area contributed by atoms with Crippen molar-refractivity contribution in [1.82, 2.24) is 20.2 Å². The summed E-state index contributed by atoms with van der Waals surface area (Å²) >= 11 is 0. The van der Waals surface area contributed by atoms with E-state index in [9.17, 15) is 4.79 Å². The molecule has 1 rings (SSSR count). The standard InChI is InChI=1S/C13H22N4O2/c1-13(2,3)19-12(18)17(4)8-7-14-9-11-5-6-15-10-16-11/h5-6,10,14H,7-9H2,1-4H3. The second-order valence-electron chi connectivity index (χ2n) is 5.28. The zero-order valence-electron chi connectivity index (χ0n) is 12.0. The van der Waals surface area contributed by atoms with E-state index in [1.807, 2.05) is 26.8 Å². The van der Waals surface area contributed by atoms with Gasteiger partial charge in [-0.15, -0.1) is 0 Å². The molecule has 0 spiro atoms. The van der Waals surface area contributed by atoms with E-state index in [0.29, 0.717) is 19.6 Å². The summed E-state index contributed by atoms with van der Waals surface area (Å²) in [4.78, 5) is 21.2. The number of nitrogens with one attached hydrogen (secondary N) is 1. The average Bonchev–Trinajstić information content (AvgIpc) is 2.33. The Balaban J connectivity index is 2.20. The fourth-order valence-electron chi connectivity index (χ4n) is 1.32. The zero-order valence-corrected chi connectivity index (χ0v) is 12.0. The number of carbonyl (C=O) groups is 1. The summed E-state index contributed by atoms with van der Waals surface area (Å²) in [5, 5.41) is 3.21. The minimum Gasteiger partial charge on any atom is -0.444 e. The van der Waals surface area contributed by atoms with Gasteiger partial charge in [-0.1, -0.05) is 0 Å². The quantitative estimate of drug-likeness (QED) is 0.817. The van der Waals surface area contributed by atoms with Gasteiger partial charge in [0, 0.05) is 32.9 Å². The Morgan fingerprint density at radius 1 is 1.47 bits per heavy atom. The third kappa shape index (κ3) is 6.71. The van der Waals surface area contributed by atoms with Crippen molar-refractivity contribution >= 4 is 6.09 Å². The molecule has 6 nitrogen and oxygen atoms in total. The van der Waals surface area contributed by atoms with E-state index in [-0.39, 0.29) is 6.09 Å². The molecule has 0 fully saturated rings. The van der Waals surface area contributed by atoms with Crippen molar-refractivity contribution in [2.45, 2.75) is 32.9 Å². The molecule has 1 N–H and O–H groups in total. The first-order valence-electron chi connectivity index (χ1n) is 6.28. The lowest BCUT2D eigenvalue weighted by atomic mass is 10.2. The highest BCUT2D eigenvalue weighted by atomic mass is 16.6. The summed E-state index contributed by atoms with van der Waals surface area (Å²) in [6.07, 6.45) is 2.91. The number of hydrogen-bond acceptors (Lipinski definition) is 5. The summed E-state index contributed by atoms with van der Waals surface area (Å²) < 4.78 is 5.25. The minimum atomic E-state index is -0.459. The summed E-state index contributed by atoms with van der Waals surface area (Å²) in [5.41, 5.74) is 0.467. The Hall–Kier alpha value is -1.69. The summed E-state index contributed by atoms with van der Waals surface area (Å²) in [6.45, 7) is 7.48. The SMILES string of the molecule is CN(CCNCc1ccncn1)C(=O)OC(C)(C)C. The molecule has 0 aliphatic heterocycles. The molecule has 0 radical (unpaired) electrons. The van der Waals surface area contributed by atoms with Crippen molar-refractivity contribution in [2.24, 2.45) is 0 Å². The van der Waals surface area contributed by atoms with Crippen LogP contribution in [0.2, 0.25) is 0 Å². The molecule has 0 unspecified atom stereocenters. The fraction of sp³-hybridized carbons (Fsp3) is 0.615. The van der Waals surface area contributed by atoms with Gasteiger partial charge in [0.15, 0.2) is 0 Å². The highest BCUT2D eigenvalue weighted by Crippen LogP contribution is 2.08. The van der Waals surface area contributed by atoms with Gasteiger partial charge in [-0.05, 0) is 26.8 Å². The van der Waals surface area contributed by atoms with E-state index >= 15 is 0 Å². The van der Waals surface area contributed by atoms with E-state index in [1.54, 1.807) is 18.1 Å². The molecule has 1 aromatic rings. The summed E-state index contributed by atoms with van der Waals surface area (Å²) in [7, 11) is 1.72. The highest BCUT2D eigenvalue weighted by molar-refractivity contribution is 5.67. The van der Waals surface area contributed by atoms with Gasteiger partial charge in [0.05, 0.1) is 5.69 Å². The lowest BCUT2D eigenvalue weighted by molar-refractivity contribution is 0.0300. The third-order valence-corrected chi connectivity index (χ3v) is 2.28. The Morgan fingerprint density at radius 3 is 2.79 bits per heavy atom. The Labute approximate surface area is 114 Å². The van der Waals surface area contributed by atoms with Crippen LogP contribution in [-0.2, 0) is 11.3 Å². The molecule has 0 saturated heterocycles. The minimum absolute atomic E-state index is 0.309. The first kappa shape index (κ1) is 15.4. The lowest BCUT2D eigenvalue weighted by Crippen LogP contribution is -2.37. The normalized spacial score (nSPS) is 11.2. The number of amides is 1. The van der Waals surface area contributed by atoms with Gasteiger partial charge in [-0.3, -0.25) is 0 Å². The zero-order chi connectivity index (χ0) is 14.3. The molecule has 0 aliphatic rings. The van der Waals surface area contributed by atoms with Crippen molar-refractivity contribution < 1.29 is 9.53 Å². The average molecular weight is 266 g/mol. The molecule has 1 heterocycles. The molecule has 0 aromatic carbocycles. The highest BCUT2D eigenvalue weighted by Gasteiger charge is 2.18. The lowest BCUT2D eigenvalue weighted by Gasteiger charge is -2.24. The van der Waals surface area contributed by atoms with Crippen molar-refractivity contribution in [3.63, 3.8) is 0 Å². The summed E-state index contributed by atoms with van der Waals surface area (Å²) in [6, 6.07) is 1.85. The molecule has 1 amide bonds. The van der Waals surface area contributed by atoms with Crippen LogP contribution >= 0.6 is 0 Å².